The van der Waals surface area contributed by atoms with E-state index in [1.807, 2.05) is 30.5 Å². The standard InChI is InChI=1S/C20H21FN4O2S/c1-28-11-10-17(19-24-15-8-4-5-9-16(15)25-19)23-18(26)12-22-20(27)13-6-2-3-7-14(13)21/h2-9,17H,10-12H2,1H3,(H,22,27)(H,23,26)(H,24,25)/t17-/m0/s1. The predicted molar refractivity (Wildman–Crippen MR) is 109 cm³/mol. The molecule has 0 saturated carbocycles. The highest BCUT2D eigenvalue weighted by Crippen LogP contribution is 2.19. The van der Waals surface area contributed by atoms with E-state index in [1.54, 1.807) is 17.8 Å². The van der Waals surface area contributed by atoms with Crippen LogP contribution in [0.5, 0.6) is 0 Å². The van der Waals surface area contributed by atoms with Gasteiger partial charge >= 0.3 is 0 Å². The number of halogens is 1. The third kappa shape index (κ3) is 4.89. The first-order chi connectivity index (χ1) is 13.6. The summed E-state index contributed by atoms with van der Waals surface area (Å²) >= 11 is 1.67. The van der Waals surface area contributed by atoms with E-state index in [0.29, 0.717) is 12.2 Å². The molecule has 6 nitrogen and oxygen atoms in total. The Balaban J connectivity index is 1.64. The molecule has 146 valence electrons. The number of thioether (sulfide) groups is 1. The fourth-order valence-electron chi connectivity index (χ4n) is 2.80. The Kier molecular flexibility index (Phi) is 6.65. The molecule has 3 N–H and O–H groups in total. The summed E-state index contributed by atoms with van der Waals surface area (Å²) in [5.41, 5.74) is 1.63. The van der Waals surface area contributed by atoms with Crippen LogP contribution in [0.1, 0.15) is 28.6 Å². The summed E-state index contributed by atoms with van der Waals surface area (Å²) in [6.45, 7) is -0.247. The van der Waals surface area contributed by atoms with Crippen LogP contribution in [0.3, 0.4) is 0 Å². The van der Waals surface area contributed by atoms with Crippen LogP contribution < -0.4 is 10.6 Å². The lowest BCUT2D eigenvalue weighted by Gasteiger charge is -2.16. The lowest BCUT2D eigenvalue weighted by atomic mass is 10.2. The zero-order valence-corrected chi connectivity index (χ0v) is 16.2. The number of hydrogen-bond acceptors (Lipinski definition) is 4. The number of fused-ring (bicyclic) bond motifs is 1. The molecule has 2 amide bonds. The van der Waals surface area contributed by atoms with Crippen LogP contribution in [0.2, 0.25) is 0 Å². The number of nitrogens with one attached hydrogen (secondary N) is 3. The normalized spacial score (nSPS) is 11.9. The van der Waals surface area contributed by atoms with Crippen LogP contribution in [0.25, 0.3) is 11.0 Å². The van der Waals surface area contributed by atoms with Crippen LogP contribution in [0.4, 0.5) is 4.39 Å². The number of carbonyl (C=O) groups is 2. The molecule has 0 spiro atoms. The Bertz CT molecular complexity index is 943. The molecule has 3 aromatic rings. The van der Waals surface area contributed by atoms with E-state index in [0.717, 1.165) is 16.8 Å². The predicted octanol–water partition coefficient (Wildman–Crippen LogP) is 3.04. The number of H-pyrrole nitrogens is 1. The first kappa shape index (κ1) is 19.9. The zero-order valence-electron chi connectivity index (χ0n) is 15.4. The quantitative estimate of drug-likeness (QED) is 0.542. The number of aromatic nitrogens is 2. The van der Waals surface area contributed by atoms with Gasteiger partial charge in [0, 0.05) is 0 Å². The lowest BCUT2D eigenvalue weighted by Crippen LogP contribution is -2.39. The number of para-hydroxylation sites is 2. The summed E-state index contributed by atoms with van der Waals surface area (Å²) in [5, 5.41) is 5.35. The third-order valence-electron chi connectivity index (χ3n) is 4.21. The maximum Gasteiger partial charge on any atom is 0.254 e. The highest BCUT2D eigenvalue weighted by atomic mass is 32.2. The van der Waals surface area contributed by atoms with Crippen molar-refractivity contribution >= 4 is 34.6 Å². The topological polar surface area (TPSA) is 86.9 Å². The average Bonchev–Trinajstić information content (AvgIpc) is 3.13. The number of nitrogens with zero attached hydrogens (tertiary/aromatic N) is 1. The number of amides is 2. The van der Waals surface area contributed by atoms with Gasteiger partial charge in [-0.2, -0.15) is 11.8 Å². The molecule has 0 fully saturated rings. The molecule has 1 atom stereocenters. The minimum atomic E-state index is -0.627. The van der Waals surface area contributed by atoms with Gasteiger partial charge in [-0.05, 0) is 42.7 Å². The lowest BCUT2D eigenvalue weighted by molar-refractivity contribution is -0.120. The van der Waals surface area contributed by atoms with E-state index in [9.17, 15) is 14.0 Å². The van der Waals surface area contributed by atoms with Crippen molar-refractivity contribution in [3.63, 3.8) is 0 Å². The molecule has 0 aliphatic rings. The van der Waals surface area contributed by atoms with E-state index in [2.05, 4.69) is 20.6 Å². The van der Waals surface area contributed by atoms with Gasteiger partial charge in [0.05, 0.1) is 29.2 Å². The van der Waals surface area contributed by atoms with Gasteiger partial charge in [-0.15, -0.1) is 0 Å². The van der Waals surface area contributed by atoms with Crippen molar-refractivity contribution in [2.24, 2.45) is 0 Å². The van der Waals surface area contributed by atoms with Crippen molar-refractivity contribution in [1.82, 2.24) is 20.6 Å². The molecule has 1 aromatic heterocycles. The van der Waals surface area contributed by atoms with Gasteiger partial charge in [-0.25, -0.2) is 9.37 Å². The maximum absolute atomic E-state index is 13.7. The average molecular weight is 400 g/mol. The van der Waals surface area contributed by atoms with Gasteiger partial charge < -0.3 is 15.6 Å². The van der Waals surface area contributed by atoms with E-state index in [1.165, 1.54) is 18.2 Å². The summed E-state index contributed by atoms with van der Waals surface area (Å²) in [5.74, 6) is -0.109. The highest BCUT2D eigenvalue weighted by Gasteiger charge is 2.19. The molecule has 0 unspecified atom stereocenters. The second kappa shape index (κ2) is 9.36. The van der Waals surface area contributed by atoms with Crippen molar-refractivity contribution in [3.8, 4) is 0 Å². The Labute approximate surface area is 166 Å². The number of aromatic amines is 1. The van der Waals surface area contributed by atoms with Crippen molar-refractivity contribution in [1.29, 1.82) is 0 Å². The second-order valence-electron chi connectivity index (χ2n) is 6.20. The number of imidazole rings is 1. The molecule has 0 saturated heterocycles. The first-order valence-electron chi connectivity index (χ1n) is 8.84. The van der Waals surface area contributed by atoms with E-state index < -0.39 is 11.7 Å². The second-order valence-corrected chi connectivity index (χ2v) is 7.19. The van der Waals surface area contributed by atoms with Gasteiger partial charge in [0.25, 0.3) is 5.91 Å². The molecule has 3 rings (SSSR count). The number of benzene rings is 2. The van der Waals surface area contributed by atoms with E-state index in [4.69, 9.17) is 0 Å². The highest BCUT2D eigenvalue weighted by molar-refractivity contribution is 7.98. The third-order valence-corrected chi connectivity index (χ3v) is 4.86. The molecular weight excluding hydrogens is 379 g/mol. The summed E-state index contributed by atoms with van der Waals surface area (Å²) in [6.07, 6.45) is 2.68. The zero-order chi connectivity index (χ0) is 19.9. The maximum atomic E-state index is 13.7. The smallest absolute Gasteiger partial charge is 0.254 e. The Hall–Kier alpha value is -2.87. The summed E-state index contributed by atoms with van der Waals surface area (Å²) < 4.78 is 13.7. The molecule has 1 heterocycles. The summed E-state index contributed by atoms with van der Waals surface area (Å²) in [7, 11) is 0. The Morgan fingerprint density at radius 3 is 2.68 bits per heavy atom. The van der Waals surface area contributed by atoms with Gasteiger partial charge in [0.2, 0.25) is 5.91 Å². The minimum absolute atomic E-state index is 0.0912. The molecule has 0 aliphatic heterocycles. The van der Waals surface area contributed by atoms with Gasteiger partial charge in [-0.1, -0.05) is 24.3 Å². The molecule has 8 heteroatoms. The molecular formula is C20H21FN4O2S. The number of carbonyl (C=O) groups excluding carboxylic acids is 2. The SMILES string of the molecule is CSCC[C@H](NC(=O)CNC(=O)c1ccccc1F)c1nc2ccccc2[nH]1. The Morgan fingerprint density at radius 1 is 1.18 bits per heavy atom. The van der Waals surface area contributed by atoms with Crippen LogP contribution in [0, 0.1) is 5.82 Å². The molecule has 0 aliphatic carbocycles. The molecule has 0 bridgehead atoms. The van der Waals surface area contributed by atoms with Crippen LogP contribution >= 0.6 is 11.8 Å². The monoisotopic (exact) mass is 400 g/mol. The number of rotatable bonds is 8. The van der Waals surface area contributed by atoms with Crippen LogP contribution in [-0.2, 0) is 4.79 Å². The fraction of sp³-hybridized carbons (Fsp3) is 0.250. The van der Waals surface area contributed by atoms with Gasteiger partial charge in [0.1, 0.15) is 11.6 Å². The van der Waals surface area contributed by atoms with Crippen LogP contribution in [0.15, 0.2) is 48.5 Å². The van der Waals surface area contributed by atoms with Crippen molar-refractivity contribution in [2.45, 2.75) is 12.5 Å². The summed E-state index contributed by atoms with van der Waals surface area (Å²) in [6, 6.07) is 13.0. The van der Waals surface area contributed by atoms with Gasteiger partial charge in [-0.3, -0.25) is 9.59 Å². The van der Waals surface area contributed by atoms with Gasteiger partial charge in [0.15, 0.2) is 0 Å². The fourth-order valence-corrected chi connectivity index (χ4v) is 3.27. The Morgan fingerprint density at radius 2 is 1.93 bits per heavy atom. The van der Waals surface area contributed by atoms with E-state index in [-0.39, 0.29) is 24.1 Å². The van der Waals surface area contributed by atoms with Crippen molar-refractivity contribution in [3.05, 3.63) is 65.7 Å². The van der Waals surface area contributed by atoms with Crippen LogP contribution in [-0.4, -0.2) is 40.3 Å². The molecule has 2 aromatic carbocycles. The largest absolute Gasteiger partial charge is 0.345 e. The first-order valence-corrected chi connectivity index (χ1v) is 10.2. The minimum Gasteiger partial charge on any atom is -0.345 e. The van der Waals surface area contributed by atoms with Crippen molar-refractivity contribution < 1.29 is 14.0 Å². The van der Waals surface area contributed by atoms with E-state index >= 15 is 0 Å². The van der Waals surface area contributed by atoms with Crippen molar-refractivity contribution in [2.75, 3.05) is 18.6 Å². The number of hydrogen-bond donors (Lipinski definition) is 3. The molecule has 0 radical (unpaired) electrons. The molecule has 28 heavy (non-hydrogen) atoms. The summed E-state index contributed by atoms with van der Waals surface area (Å²) in [4.78, 5) is 32.2.